The number of likely N-dealkylation sites (tertiary alicyclic amines) is 1. The number of aliphatic imine (C=N–C) groups is 1. The zero-order valence-electron chi connectivity index (χ0n) is 17.3. The molecule has 1 aromatic carbocycles. The van der Waals surface area contributed by atoms with Crippen LogP contribution in [0.25, 0.3) is 0 Å². The van der Waals surface area contributed by atoms with Crippen molar-refractivity contribution in [3.63, 3.8) is 0 Å². The maximum atomic E-state index is 12.8. The number of nitrogens with one attached hydrogen (secondary N) is 2. The Kier molecular flexibility index (Phi) is 5.65. The molecule has 3 aliphatic rings. The number of carbonyl (C=O) groups excluding carboxylic acids is 2. The molecule has 8 heteroatoms. The smallest absolute Gasteiger partial charge is 0.233 e. The van der Waals surface area contributed by atoms with E-state index in [1.54, 1.807) is 25.3 Å². The van der Waals surface area contributed by atoms with Gasteiger partial charge in [0.15, 0.2) is 5.96 Å². The zero-order valence-corrected chi connectivity index (χ0v) is 17.3. The molecule has 0 aromatic heterocycles. The first-order valence-corrected chi connectivity index (χ1v) is 10.4. The molecule has 0 spiro atoms. The fraction of sp³-hybridized carbons (Fsp3) is 0.500. The van der Waals surface area contributed by atoms with E-state index in [2.05, 4.69) is 27.8 Å². The number of rotatable bonds is 7. The van der Waals surface area contributed by atoms with Crippen molar-refractivity contribution in [2.75, 3.05) is 26.7 Å². The molecule has 8 nitrogen and oxygen atoms in total. The first kappa shape index (κ1) is 20.3. The number of phenolic OH excluding ortho intramolecular Hbond substituents is 1. The fourth-order valence-electron chi connectivity index (χ4n) is 4.79. The molecule has 4 atom stereocenters. The van der Waals surface area contributed by atoms with Crippen LogP contribution in [0.1, 0.15) is 18.9 Å². The zero-order chi connectivity index (χ0) is 21.3. The van der Waals surface area contributed by atoms with E-state index in [-0.39, 0.29) is 47.8 Å². The highest BCUT2D eigenvalue weighted by Crippen LogP contribution is 2.52. The molecule has 1 saturated heterocycles. The topological polar surface area (TPSA) is 103 Å². The van der Waals surface area contributed by atoms with Crippen LogP contribution in [-0.4, -0.2) is 54.5 Å². The average molecular weight is 412 g/mol. The predicted octanol–water partition coefficient (Wildman–Crippen LogP) is 1.26. The highest BCUT2D eigenvalue weighted by atomic mass is 16.5. The Morgan fingerprint density at radius 2 is 1.90 bits per heavy atom. The van der Waals surface area contributed by atoms with Crippen LogP contribution in [-0.2, 0) is 16.1 Å². The summed E-state index contributed by atoms with van der Waals surface area (Å²) in [7, 11) is 1.57. The predicted molar refractivity (Wildman–Crippen MR) is 112 cm³/mol. The molecule has 1 aromatic rings. The van der Waals surface area contributed by atoms with Gasteiger partial charge in [0.2, 0.25) is 11.8 Å². The van der Waals surface area contributed by atoms with Crippen molar-refractivity contribution in [3.05, 3.63) is 35.9 Å². The molecule has 2 bridgehead atoms. The van der Waals surface area contributed by atoms with Gasteiger partial charge in [-0.05, 0) is 43.4 Å². The number of hydrogen-bond acceptors (Lipinski definition) is 5. The minimum Gasteiger partial charge on any atom is -0.508 e. The summed E-state index contributed by atoms with van der Waals surface area (Å²) in [5.41, 5.74) is 0.646. The monoisotopic (exact) mass is 412 g/mol. The molecule has 1 aliphatic heterocycles. The van der Waals surface area contributed by atoms with Crippen molar-refractivity contribution in [1.82, 2.24) is 15.5 Å². The average Bonchev–Trinajstić information content (AvgIpc) is 3.42. The molecular formula is C22H28N4O4. The molecule has 30 heavy (non-hydrogen) atoms. The number of phenols is 1. The minimum atomic E-state index is -0.162. The first-order chi connectivity index (χ1) is 14.5. The van der Waals surface area contributed by atoms with Crippen molar-refractivity contribution in [3.8, 4) is 11.5 Å². The van der Waals surface area contributed by atoms with Gasteiger partial charge in [-0.2, -0.15) is 0 Å². The number of nitrogens with zero attached hydrogens (tertiary/aromatic N) is 2. The van der Waals surface area contributed by atoms with Gasteiger partial charge in [-0.25, -0.2) is 4.99 Å². The van der Waals surface area contributed by atoms with Crippen LogP contribution >= 0.6 is 0 Å². The van der Waals surface area contributed by atoms with Crippen LogP contribution in [0.2, 0.25) is 0 Å². The summed E-state index contributed by atoms with van der Waals surface area (Å²) < 4.78 is 5.19. The highest BCUT2D eigenvalue weighted by Gasteiger charge is 2.58. The summed E-state index contributed by atoms with van der Waals surface area (Å²) >= 11 is 0. The third-order valence-electron chi connectivity index (χ3n) is 6.23. The van der Waals surface area contributed by atoms with Crippen LogP contribution in [0.5, 0.6) is 11.5 Å². The lowest BCUT2D eigenvalue weighted by molar-refractivity contribution is -0.140. The molecule has 4 unspecified atom stereocenters. The van der Waals surface area contributed by atoms with Crippen LogP contribution in [0.15, 0.2) is 35.3 Å². The van der Waals surface area contributed by atoms with Gasteiger partial charge in [0.1, 0.15) is 11.5 Å². The van der Waals surface area contributed by atoms with E-state index in [0.717, 1.165) is 6.42 Å². The Bertz CT molecular complexity index is 867. The summed E-state index contributed by atoms with van der Waals surface area (Å²) in [6, 6.07) is 5.01. The van der Waals surface area contributed by atoms with Crippen molar-refractivity contribution in [1.29, 1.82) is 0 Å². The standard InChI is InChI=1S/C22H28N4O4/c1-3-23-22(25-12-15-11-16(30-2)6-7-17(15)27)24-8-9-26-20(28)18-13-4-5-14(10-13)19(18)21(26)29/h4-7,11,13-14,18-19,27H,3,8-10,12H2,1-2H3,(H2,23,24,25). The largest absolute Gasteiger partial charge is 0.508 e. The molecule has 2 aliphatic carbocycles. The van der Waals surface area contributed by atoms with Crippen molar-refractivity contribution in [2.24, 2.45) is 28.7 Å². The summed E-state index contributed by atoms with van der Waals surface area (Å²) in [6.45, 7) is 3.61. The number of amides is 2. The van der Waals surface area contributed by atoms with Crippen molar-refractivity contribution < 1.29 is 19.4 Å². The molecular weight excluding hydrogens is 384 g/mol. The van der Waals surface area contributed by atoms with E-state index >= 15 is 0 Å². The number of fused-ring (bicyclic) bond motifs is 5. The molecule has 0 radical (unpaired) electrons. The van der Waals surface area contributed by atoms with Gasteiger partial charge >= 0.3 is 0 Å². The summed E-state index contributed by atoms with van der Waals surface area (Å²) in [4.78, 5) is 31.4. The number of benzene rings is 1. The summed E-state index contributed by atoms with van der Waals surface area (Å²) in [6.07, 6.45) is 5.14. The number of hydrogen-bond donors (Lipinski definition) is 3. The fourth-order valence-corrected chi connectivity index (χ4v) is 4.79. The maximum Gasteiger partial charge on any atom is 0.233 e. The molecule has 1 heterocycles. The van der Waals surface area contributed by atoms with Crippen LogP contribution in [0.4, 0.5) is 0 Å². The van der Waals surface area contributed by atoms with E-state index in [4.69, 9.17) is 4.74 Å². The van der Waals surface area contributed by atoms with Gasteiger partial charge in [0, 0.05) is 25.2 Å². The third kappa shape index (κ3) is 3.62. The molecule has 4 rings (SSSR count). The number of ether oxygens (including phenoxy) is 1. The van der Waals surface area contributed by atoms with E-state index < -0.39 is 0 Å². The maximum absolute atomic E-state index is 12.8. The van der Waals surface area contributed by atoms with Crippen LogP contribution < -0.4 is 15.4 Å². The van der Waals surface area contributed by atoms with Gasteiger partial charge < -0.3 is 20.5 Å². The van der Waals surface area contributed by atoms with E-state index in [0.29, 0.717) is 36.9 Å². The SMILES string of the molecule is CCNC(=NCc1cc(OC)ccc1O)NCCN1C(=O)C2C3C=CC(C3)C2C1=O. The number of carbonyl (C=O) groups is 2. The van der Waals surface area contributed by atoms with E-state index in [1.165, 1.54) is 4.90 Å². The summed E-state index contributed by atoms with van der Waals surface area (Å²) in [5, 5.41) is 16.3. The van der Waals surface area contributed by atoms with Crippen LogP contribution in [0.3, 0.4) is 0 Å². The van der Waals surface area contributed by atoms with Gasteiger partial charge in [-0.15, -0.1) is 0 Å². The second-order valence-electron chi connectivity index (χ2n) is 7.94. The second-order valence-corrected chi connectivity index (χ2v) is 7.94. The molecule has 2 amide bonds. The Balaban J connectivity index is 1.35. The van der Waals surface area contributed by atoms with Crippen molar-refractivity contribution in [2.45, 2.75) is 19.9 Å². The normalized spacial score (nSPS) is 27.0. The number of aromatic hydroxyl groups is 1. The molecule has 3 N–H and O–H groups in total. The Hall–Kier alpha value is -3.03. The lowest BCUT2D eigenvalue weighted by atomic mass is 9.85. The molecule has 1 saturated carbocycles. The van der Waals surface area contributed by atoms with Crippen molar-refractivity contribution >= 4 is 17.8 Å². The lowest BCUT2D eigenvalue weighted by Gasteiger charge is -2.18. The highest BCUT2D eigenvalue weighted by molar-refractivity contribution is 6.06. The Morgan fingerprint density at radius 3 is 2.53 bits per heavy atom. The number of imide groups is 1. The number of allylic oxidation sites excluding steroid dienone is 2. The van der Waals surface area contributed by atoms with Crippen LogP contribution in [0, 0.1) is 23.7 Å². The van der Waals surface area contributed by atoms with Gasteiger partial charge in [0.25, 0.3) is 0 Å². The lowest BCUT2D eigenvalue weighted by Crippen LogP contribution is -2.43. The number of methoxy groups -OCH3 is 1. The van der Waals surface area contributed by atoms with Gasteiger partial charge in [0.05, 0.1) is 25.5 Å². The third-order valence-corrected chi connectivity index (χ3v) is 6.23. The second kappa shape index (κ2) is 8.38. The quantitative estimate of drug-likeness (QED) is 0.270. The molecule has 2 fully saturated rings. The minimum absolute atomic E-state index is 0.0353. The van der Waals surface area contributed by atoms with Gasteiger partial charge in [-0.3, -0.25) is 14.5 Å². The van der Waals surface area contributed by atoms with Gasteiger partial charge in [-0.1, -0.05) is 12.2 Å². The molecule has 160 valence electrons. The summed E-state index contributed by atoms with van der Waals surface area (Å²) in [5.74, 6) is 1.41. The van der Waals surface area contributed by atoms with E-state index in [1.807, 2.05) is 6.92 Å². The Labute approximate surface area is 176 Å². The first-order valence-electron chi connectivity index (χ1n) is 10.4. The number of guanidine groups is 1. The van der Waals surface area contributed by atoms with E-state index in [9.17, 15) is 14.7 Å². The Morgan fingerprint density at radius 1 is 1.20 bits per heavy atom.